The van der Waals surface area contributed by atoms with Gasteiger partial charge in [0.1, 0.15) is 29.7 Å². The molecular formula is C28H27FN6O5. The van der Waals surface area contributed by atoms with Gasteiger partial charge in [-0.3, -0.25) is 15.1 Å². The van der Waals surface area contributed by atoms with Gasteiger partial charge in [0, 0.05) is 42.5 Å². The number of carbonyl (C=O) groups is 1. The van der Waals surface area contributed by atoms with Gasteiger partial charge in [-0.2, -0.15) is 0 Å². The molecule has 0 spiro atoms. The quantitative estimate of drug-likeness (QED) is 0.233. The van der Waals surface area contributed by atoms with Crippen LogP contribution in [0.15, 0.2) is 61.1 Å². The Labute approximate surface area is 229 Å². The normalized spacial score (nSPS) is 15.2. The third-order valence-electron chi connectivity index (χ3n) is 6.18. The monoisotopic (exact) mass is 546 g/mol. The number of anilines is 2. The maximum absolute atomic E-state index is 14.3. The Morgan fingerprint density at radius 1 is 1.15 bits per heavy atom. The molecule has 5 rings (SSSR count). The highest BCUT2D eigenvalue weighted by molar-refractivity contribution is 5.94. The molecule has 0 bridgehead atoms. The summed E-state index contributed by atoms with van der Waals surface area (Å²) in [6.07, 6.45) is 2.46. The Morgan fingerprint density at radius 3 is 2.70 bits per heavy atom. The van der Waals surface area contributed by atoms with Gasteiger partial charge in [0.25, 0.3) is 0 Å². The molecule has 1 saturated heterocycles. The standard InChI is InChI=1S/C28H27FN6O5/c1-28(2,3)40-27(36)34-11-9-18(15-34)39-25-14-23-20(13-24(25)35(37)38)26(32-16-31-23)33-17-8-10-30-22(12-17)19-6-4-5-7-21(19)29/h4-8,10,12-14,16,18H,9,11,15H2,1-3H3,(H,30,31,32,33)/t18-/m1/s1. The van der Waals surface area contributed by atoms with Gasteiger partial charge in [-0.1, -0.05) is 12.1 Å². The maximum Gasteiger partial charge on any atom is 0.410 e. The summed E-state index contributed by atoms with van der Waals surface area (Å²) in [5, 5.41) is 15.5. The molecule has 40 heavy (non-hydrogen) atoms. The lowest BCUT2D eigenvalue weighted by atomic mass is 10.1. The van der Waals surface area contributed by atoms with Crippen molar-refractivity contribution in [3.63, 3.8) is 0 Å². The van der Waals surface area contributed by atoms with Crippen molar-refractivity contribution in [2.75, 3.05) is 18.4 Å². The molecule has 3 heterocycles. The molecule has 1 aliphatic heterocycles. The van der Waals surface area contributed by atoms with Crippen molar-refractivity contribution in [3.05, 3.63) is 77.0 Å². The highest BCUT2D eigenvalue weighted by Crippen LogP contribution is 2.36. The summed E-state index contributed by atoms with van der Waals surface area (Å²) in [5.41, 5.74) is 0.845. The van der Waals surface area contributed by atoms with Crippen molar-refractivity contribution in [1.82, 2.24) is 19.9 Å². The minimum absolute atomic E-state index is 0.0453. The van der Waals surface area contributed by atoms with Gasteiger partial charge in [0.2, 0.25) is 0 Å². The van der Waals surface area contributed by atoms with E-state index in [-0.39, 0.29) is 18.0 Å². The first-order valence-corrected chi connectivity index (χ1v) is 12.6. The number of ether oxygens (including phenoxy) is 2. The summed E-state index contributed by atoms with van der Waals surface area (Å²) in [6.45, 7) is 6.02. The van der Waals surface area contributed by atoms with E-state index < -0.39 is 28.5 Å². The summed E-state index contributed by atoms with van der Waals surface area (Å²) in [7, 11) is 0. The van der Waals surface area contributed by atoms with Crippen LogP contribution in [0.4, 0.5) is 26.4 Å². The molecule has 0 saturated carbocycles. The number of aromatic nitrogens is 3. The number of likely N-dealkylation sites (tertiary alicyclic amines) is 1. The fourth-order valence-electron chi connectivity index (χ4n) is 4.37. The highest BCUT2D eigenvalue weighted by Gasteiger charge is 2.32. The number of halogens is 1. The van der Waals surface area contributed by atoms with E-state index in [1.54, 1.807) is 51.1 Å². The predicted molar refractivity (Wildman–Crippen MR) is 146 cm³/mol. The van der Waals surface area contributed by atoms with Gasteiger partial charge in [0.15, 0.2) is 5.75 Å². The Morgan fingerprint density at radius 2 is 1.95 bits per heavy atom. The Bertz CT molecular complexity index is 1590. The van der Waals surface area contributed by atoms with E-state index in [9.17, 15) is 19.3 Å². The SMILES string of the molecule is CC(C)(C)OC(=O)N1CC[C@@H](Oc2cc3ncnc(Nc4ccnc(-c5ccccc5F)c4)c3cc2[N+](=O)[O-])C1. The molecule has 1 atom stereocenters. The largest absolute Gasteiger partial charge is 0.481 e. The van der Waals surface area contributed by atoms with Crippen LogP contribution in [0.5, 0.6) is 5.75 Å². The van der Waals surface area contributed by atoms with Crippen molar-refractivity contribution >= 4 is 34.2 Å². The van der Waals surface area contributed by atoms with E-state index >= 15 is 0 Å². The van der Waals surface area contributed by atoms with Crippen LogP contribution in [-0.4, -0.2) is 55.7 Å². The van der Waals surface area contributed by atoms with Crippen molar-refractivity contribution < 1.29 is 23.6 Å². The third kappa shape index (κ3) is 5.90. The second-order valence-electron chi connectivity index (χ2n) is 10.3. The van der Waals surface area contributed by atoms with Crippen molar-refractivity contribution in [2.24, 2.45) is 0 Å². The molecule has 1 amide bonds. The lowest BCUT2D eigenvalue weighted by Gasteiger charge is -2.24. The molecule has 12 heteroatoms. The van der Waals surface area contributed by atoms with Gasteiger partial charge < -0.3 is 19.7 Å². The molecule has 1 aliphatic rings. The maximum atomic E-state index is 14.3. The summed E-state index contributed by atoms with van der Waals surface area (Å²) in [6, 6.07) is 12.5. The number of fused-ring (bicyclic) bond motifs is 1. The Kier molecular flexibility index (Phi) is 7.16. The minimum Gasteiger partial charge on any atom is -0.481 e. The molecule has 2 aromatic heterocycles. The van der Waals surface area contributed by atoms with E-state index in [4.69, 9.17) is 9.47 Å². The summed E-state index contributed by atoms with van der Waals surface area (Å²) >= 11 is 0. The van der Waals surface area contributed by atoms with Crippen LogP contribution in [0.3, 0.4) is 0 Å². The molecule has 0 unspecified atom stereocenters. The molecule has 1 fully saturated rings. The van der Waals surface area contributed by atoms with E-state index in [0.717, 1.165) is 0 Å². The fraction of sp³-hybridized carbons (Fsp3) is 0.286. The molecule has 11 nitrogen and oxygen atoms in total. The average molecular weight is 547 g/mol. The van der Waals surface area contributed by atoms with Crippen LogP contribution in [0, 0.1) is 15.9 Å². The fourth-order valence-corrected chi connectivity index (χ4v) is 4.37. The number of nitro groups is 1. The van der Waals surface area contributed by atoms with Crippen LogP contribution >= 0.6 is 0 Å². The zero-order valence-corrected chi connectivity index (χ0v) is 22.1. The van der Waals surface area contributed by atoms with Gasteiger partial charge in [0.05, 0.1) is 28.1 Å². The predicted octanol–water partition coefficient (Wildman–Crippen LogP) is 5.87. The number of rotatable bonds is 6. The van der Waals surface area contributed by atoms with E-state index in [1.165, 1.54) is 35.6 Å². The molecule has 1 N–H and O–H groups in total. The average Bonchev–Trinajstić information content (AvgIpc) is 3.37. The number of benzene rings is 2. The van der Waals surface area contributed by atoms with Gasteiger partial charge >= 0.3 is 11.8 Å². The molecule has 0 radical (unpaired) electrons. The zero-order chi connectivity index (χ0) is 28.4. The number of nitrogens with zero attached hydrogens (tertiary/aromatic N) is 5. The molecule has 4 aromatic rings. The second kappa shape index (κ2) is 10.7. The number of nitrogens with one attached hydrogen (secondary N) is 1. The molecule has 206 valence electrons. The summed E-state index contributed by atoms with van der Waals surface area (Å²) < 4.78 is 25.7. The zero-order valence-electron chi connectivity index (χ0n) is 22.1. The van der Waals surface area contributed by atoms with E-state index in [0.29, 0.717) is 46.6 Å². The van der Waals surface area contributed by atoms with Crippen molar-refractivity contribution in [2.45, 2.75) is 38.9 Å². The first kappa shape index (κ1) is 26.7. The molecule has 0 aliphatic carbocycles. The van der Waals surface area contributed by atoms with Crippen LogP contribution < -0.4 is 10.1 Å². The number of pyridine rings is 1. The summed E-state index contributed by atoms with van der Waals surface area (Å²) in [4.78, 5) is 38.2. The molecule has 2 aromatic carbocycles. The van der Waals surface area contributed by atoms with Gasteiger partial charge in [-0.15, -0.1) is 0 Å². The van der Waals surface area contributed by atoms with E-state index in [1.807, 2.05) is 0 Å². The second-order valence-corrected chi connectivity index (χ2v) is 10.3. The van der Waals surface area contributed by atoms with Crippen molar-refractivity contribution in [1.29, 1.82) is 0 Å². The number of carbonyl (C=O) groups excluding carboxylic acids is 1. The Balaban J connectivity index is 1.40. The van der Waals surface area contributed by atoms with Gasteiger partial charge in [-0.05, 0) is 45.0 Å². The Hall–Kier alpha value is -4.87. The lowest BCUT2D eigenvalue weighted by molar-refractivity contribution is -0.385. The number of amides is 1. The van der Waals surface area contributed by atoms with Crippen LogP contribution in [0.2, 0.25) is 0 Å². The van der Waals surface area contributed by atoms with Crippen LogP contribution in [0.1, 0.15) is 27.2 Å². The molecular weight excluding hydrogens is 519 g/mol. The number of hydrogen-bond acceptors (Lipinski definition) is 9. The minimum atomic E-state index is -0.631. The number of nitro benzene ring substituents is 1. The highest BCUT2D eigenvalue weighted by atomic mass is 19.1. The topological polar surface area (TPSA) is 133 Å². The first-order chi connectivity index (χ1) is 19.1. The van der Waals surface area contributed by atoms with Gasteiger partial charge in [-0.25, -0.2) is 19.2 Å². The summed E-state index contributed by atoms with van der Waals surface area (Å²) in [5.74, 6) is -0.0366. The lowest BCUT2D eigenvalue weighted by Crippen LogP contribution is -2.36. The first-order valence-electron chi connectivity index (χ1n) is 12.6. The van der Waals surface area contributed by atoms with E-state index in [2.05, 4.69) is 20.3 Å². The van der Waals surface area contributed by atoms with Crippen LogP contribution in [-0.2, 0) is 4.74 Å². The van der Waals surface area contributed by atoms with Crippen LogP contribution in [0.25, 0.3) is 22.2 Å². The van der Waals surface area contributed by atoms with Crippen molar-refractivity contribution in [3.8, 4) is 17.0 Å². The number of hydrogen-bond donors (Lipinski definition) is 1. The smallest absolute Gasteiger partial charge is 0.410 e. The third-order valence-corrected chi connectivity index (χ3v) is 6.18.